The highest BCUT2D eigenvalue weighted by atomic mass is 15.1. The van der Waals surface area contributed by atoms with Gasteiger partial charge in [0.1, 0.15) is 11.3 Å². The second kappa shape index (κ2) is 8.51. The van der Waals surface area contributed by atoms with E-state index in [4.69, 9.17) is 9.97 Å². The average Bonchev–Trinajstić information content (AvgIpc) is 3.11. The van der Waals surface area contributed by atoms with Crippen LogP contribution in [0.15, 0.2) is 60.3 Å². The van der Waals surface area contributed by atoms with Gasteiger partial charge in [-0.05, 0) is 66.1 Å². The highest BCUT2D eigenvalue weighted by Crippen LogP contribution is 2.41. The minimum atomic E-state index is 0.785. The highest BCUT2D eigenvalue weighted by molar-refractivity contribution is 5.85. The lowest BCUT2D eigenvalue weighted by molar-refractivity contribution is 0.469. The highest BCUT2D eigenvalue weighted by Gasteiger charge is 2.22. The van der Waals surface area contributed by atoms with E-state index in [9.17, 15) is 0 Å². The molecule has 0 fully saturated rings. The number of aromatic nitrogens is 3. The number of pyridine rings is 1. The first kappa shape index (κ1) is 21.4. The third-order valence-electron chi connectivity index (χ3n) is 6.78. The topological polar surface area (TPSA) is 34.0 Å². The molecule has 0 unspecified atom stereocenters. The molecule has 0 N–H and O–H groups in total. The van der Waals surface area contributed by atoms with Crippen LogP contribution in [0.25, 0.3) is 27.9 Å². The van der Waals surface area contributed by atoms with Crippen LogP contribution in [0.5, 0.6) is 0 Å². The van der Waals surface area contributed by atoms with Gasteiger partial charge >= 0.3 is 0 Å². The van der Waals surface area contributed by atoms with E-state index in [0.717, 1.165) is 42.1 Å². The quantitative estimate of drug-likeness (QED) is 0.351. The molecule has 4 heteroatoms. The van der Waals surface area contributed by atoms with Gasteiger partial charge in [-0.25, -0.2) is 9.97 Å². The van der Waals surface area contributed by atoms with Crippen LogP contribution in [-0.2, 0) is 13.0 Å². The van der Waals surface area contributed by atoms with E-state index in [1.54, 1.807) is 0 Å². The molecule has 2 heterocycles. The van der Waals surface area contributed by atoms with E-state index in [1.165, 1.54) is 45.5 Å². The molecule has 0 saturated heterocycles. The van der Waals surface area contributed by atoms with Crippen LogP contribution in [0, 0.1) is 13.8 Å². The molecule has 168 valence electrons. The molecule has 33 heavy (non-hydrogen) atoms. The number of benzene rings is 2. The Balaban J connectivity index is 1.49. The Morgan fingerprint density at radius 3 is 2.27 bits per heavy atom. The molecule has 0 saturated carbocycles. The van der Waals surface area contributed by atoms with Crippen molar-refractivity contribution < 1.29 is 0 Å². The molecule has 2 aromatic carbocycles. The van der Waals surface area contributed by atoms with Gasteiger partial charge < -0.3 is 9.47 Å². The average molecular weight is 437 g/mol. The van der Waals surface area contributed by atoms with Crippen LogP contribution < -0.4 is 0 Å². The van der Waals surface area contributed by atoms with Gasteiger partial charge in [0.15, 0.2) is 5.65 Å². The lowest BCUT2D eigenvalue weighted by Gasteiger charge is -2.31. The predicted octanol–water partition coefficient (Wildman–Crippen LogP) is 6.39. The Labute approximate surface area is 196 Å². The molecule has 0 radical (unpaired) electrons. The molecule has 5 rings (SSSR count). The van der Waals surface area contributed by atoms with Gasteiger partial charge in [-0.1, -0.05) is 55.5 Å². The van der Waals surface area contributed by atoms with Crippen molar-refractivity contribution in [2.24, 2.45) is 0 Å². The number of aryl methyl sites for hydroxylation is 3. The Bertz CT molecular complexity index is 1360. The molecule has 0 atom stereocenters. The Morgan fingerprint density at radius 1 is 0.909 bits per heavy atom. The molecular formula is C29H32N4. The van der Waals surface area contributed by atoms with Crippen molar-refractivity contribution in [1.82, 2.24) is 19.4 Å². The van der Waals surface area contributed by atoms with Crippen LogP contribution in [0.4, 0.5) is 0 Å². The van der Waals surface area contributed by atoms with Crippen LogP contribution in [0.3, 0.4) is 0 Å². The van der Waals surface area contributed by atoms with E-state index in [-0.39, 0.29) is 0 Å². The van der Waals surface area contributed by atoms with E-state index in [2.05, 4.69) is 98.9 Å². The van der Waals surface area contributed by atoms with Crippen molar-refractivity contribution in [2.75, 3.05) is 14.1 Å². The molecule has 4 aromatic rings. The predicted molar refractivity (Wildman–Crippen MR) is 137 cm³/mol. The summed E-state index contributed by atoms with van der Waals surface area (Å²) in [6.45, 7) is 7.13. The van der Waals surface area contributed by atoms with E-state index >= 15 is 0 Å². The maximum atomic E-state index is 4.89. The van der Waals surface area contributed by atoms with Crippen molar-refractivity contribution in [3.63, 3.8) is 0 Å². The first-order valence-electron chi connectivity index (χ1n) is 11.9. The summed E-state index contributed by atoms with van der Waals surface area (Å²) < 4.78 is 2.28. The SMILES string of the molecule is CCc1nc2c(C)cc(C)nc2n1Cc1ccc(-c2ccccc2C2=C(N(C)C)CC2)cc1. The summed E-state index contributed by atoms with van der Waals surface area (Å²) in [6, 6.07) is 19.9. The number of fused-ring (bicyclic) bond motifs is 1. The molecule has 0 spiro atoms. The number of hydrogen-bond acceptors (Lipinski definition) is 3. The smallest absolute Gasteiger partial charge is 0.160 e. The largest absolute Gasteiger partial charge is 0.381 e. The van der Waals surface area contributed by atoms with Crippen molar-refractivity contribution in [3.8, 4) is 11.1 Å². The number of hydrogen-bond donors (Lipinski definition) is 0. The summed E-state index contributed by atoms with van der Waals surface area (Å²) in [4.78, 5) is 12.0. The summed E-state index contributed by atoms with van der Waals surface area (Å²) in [5, 5.41) is 0. The first-order chi connectivity index (χ1) is 16.0. The molecule has 4 nitrogen and oxygen atoms in total. The minimum Gasteiger partial charge on any atom is -0.381 e. The van der Waals surface area contributed by atoms with Crippen LogP contribution in [-0.4, -0.2) is 33.5 Å². The minimum absolute atomic E-state index is 0.785. The summed E-state index contributed by atoms with van der Waals surface area (Å²) in [7, 11) is 4.29. The summed E-state index contributed by atoms with van der Waals surface area (Å²) in [5.41, 5.74) is 12.4. The molecule has 1 aliphatic carbocycles. The second-order valence-corrected chi connectivity index (χ2v) is 9.28. The molecule has 0 amide bonds. The van der Waals surface area contributed by atoms with Crippen LogP contribution in [0.2, 0.25) is 0 Å². The van der Waals surface area contributed by atoms with Crippen molar-refractivity contribution in [1.29, 1.82) is 0 Å². The molecular weight excluding hydrogens is 404 g/mol. The fourth-order valence-electron chi connectivity index (χ4n) is 5.00. The number of nitrogens with zero attached hydrogens (tertiary/aromatic N) is 4. The monoisotopic (exact) mass is 436 g/mol. The van der Waals surface area contributed by atoms with Crippen molar-refractivity contribution >= 4 is 16.7 Å². The van der Waals surface area contributed by atoms with Crippen LogP contribution in [0.1, 0.15) is 48.0 Å². The number of allylic oxidation sites excluding steroid dienone is 2. The second-order valence-electron chi connectivity index (χ2n) is 9.28. The standard InChI is InChI=1S/C29H32N4/c1-6-27-31-28-19(2)17-20(3)30-29(28)33(27)18-21-11-13-22(14-12-21)23-9-7-8-10-24(23)25-15-16-26(25)32(4)5/h7-14,17H,6,15-16,18H2,1-5H3. The molecule has 1 aliphatic rings. The fraction of sp³-hybridized carbons (Fsp3) is 0.310. The van der Waals surface area contributed by atoms with E-state index in [1.807, 2.05) is 0 Å². The molecule has 2 aromatic heterocycles. The van der Waals surface area contributed by atoms with Gasteiger partial charge in [0.2, 0.25) is 0 Å². The van der Waals surface area contributed by atoms with Gasteiger partial charge in [-0.15, -0.1) is 0 Å². The van der Waals surface area contributed by atoms with Gasteiger partial charge in [0.25, 0.3) is 0 Å². The molecule has 0 bridgehead atoms. The van der Waals surface area contributed by atoms with Crippen LogP contribution >= 0.6 is 0 Å². The first-order valence-corrected chi connectivity index (χ1v) is 11.9. The third-order valence-corrected chi connectivity index (χ3v) is 6.78. The van der Waals surface area contributed by atoms with Crippen molar-refractivity contribution in [2.45, 2.75) is 46.6 Å². The molecule has 0 aliphatic heterocycles. The lowest BCUT2D eigenvalue weighted by atomic mass is 9.83. The third kappa shape index (κ3) is 3.84. The van der Waals surface area contributed by atoms with E-state index in [0.29, 0.717) is 0 Å². The van der Waals surface area contributed by atoms with Gasteiger partial charge in [-0.3, -0.25) is 0 Å². The zero-order valence-corrected chi connectivity index (χ0v) is 20.3. The zero-order valence-electron chi connectivity index (χ0n) is 20.3. The normalized spacial score (nSPS) is 13.5. The van der Waals surface area contributed by atoms with Gasteiger partial charge in [0, 0.05) is 31.9 Å². The number of imidazole rings is 1. The Hall–Kier alpha value is -3.40. The summed E-state index contributed by atoms with van der Waals surface area (Å²) in [6.07, 6.45) is 3.22. The summed E-state index contributed by atoms with van der Waals surface area (Å²) in [5.74, 6) is 1.09. The Kier molecular flexibility index (Phi) is 5.53. The van der Waals surface area contributed by atoms with E-state index < -0.39 is 0 Å². The maximum absolute atomic E-state index is 4.89. The lowest BCUT2D eigenvalue weighted by Crippen LogP contribution is -2.19. The fourth-order valence-corrected chi connectivity index (χ4v) is 5.00. The summed E-state index contributed by atoms with van der Waals surface area (Å²) >= 11 is 0. The zero-order chi connectivity index (χ0) is 23.1. The number of rotatable bonds is 6. The van der Waals surface area contributed by atoms with Crippen molar-refractivity contribution in [3.05, 3.63) is 88.5 Å². The van der Waals surface area contributed by atoms with Gasteiger partial charge in [-0.2, -0.15) is 0 Å². The Morgan fingerprint density at radius 2 is 1.64 bits per heavy atom. The maximum Gasteiger partial charge on any atom is 0.160 e. The van der Waals surface area contributed by atoms with Gasteiger partial charge in [0.05, 0.1) is 6.54 Å².